The molecule has 3 nitrogen and oxygen atoms in total. The molecule has 0 saturated heterocycles. The van der Waals surface area contributed by atoms with Crippen LogP contribution in [-0.2, 0) is 0 Å². The van der Waals surface area contributed by atoms with Crippen molar-refractivity contribution in [2.45, 2.75) is 26.4 Å². The molecule has 0 aromatic rings. The smallest absolute Gasteiger partial charge is 0.0985 e. The summed E-state index contributed by atoms with van der Waals surface area (Å²) in [4.78, 5) is 0. The lowest BCUT2D eigenvalue weighted by molar-refractivity contribution is 0.150. The van der Waals surface area contributed by atoms with Crippen LogP contribution in [0.25, 0.3) is 0 Å². The van der Waals surface area contributed by atoms with Crippen molar-refractivity contribution in [3.63, 3.8) is 0 Å². The Morgan fingerprint density at radius 3 is 1.90 bits per heavy atom. The van der Waals surface area contributed by atoms with Crippen molar-refractivity contribution in [1.29, 1.82) is 0 Å². The summed E-state index contributed by atoms with van der Waals surface area (Å²) in [5.41, 5.74) is -0.0814. The molecule has 0 aliphatic carbocycles. The van der Waals surface area contributed by atoms with Crippen molar-refractivity contribution in [2.24, 2.45) is 5.10 Å². The van der Waals surface area contributed by atoms with Crippen LogP contribution in [0.15, 0.2) is 5.10 Å². The van der Waals surface area contributed by atoms with Crippen molar-refractivity contribution in [3.05, 3.63) is 0 Å². The van der Waals surface area contributed by atoms with Crippen LogP contribution in [0.2, 0.25) is 0 Å². The van der Waals surface area contributed by atoms with E-state index in [-0.39, 0.29) is 0 Å². The maximum absolute atomic E-state index is 9.38. The van der Waals surface area contributed by atoms with Gasteiger partial charge in [-0.25, -0.2) is 0 Å². The second-order valence-corrected chi connectivity index (χ2v) is 3.09. The van der Waals surface area contributed by atoms with Crippen LogP contribution in [0.3, 0.4) is 0 Å². The lowest BCUT2D eigenvalue weighted by Gasteiger charge is -2.18. The summed E-state index contributed by atoms with van der Waals surface area (Å²) < 4.78 is 0. The lowest BCUT2D eigenvalue weighted by atomic mass is 10.1. The third kappa shape index (κ3) is 3.45. The average Bonchev–Trinajstić information content (AvgIpc) is 1.60. The van der Waals surface area contributed by atoms with Crippen LogP contribution < -0.4 is 0 Å². The minimum absolute atomic E-state index is 0.720. The highest BCUT2D eigenvalue weighted by Crippen LogP contribution is 2.03. The summed E-state index contributed by atoms with van der Waals surface area (Å²) >= 11 is 0. The predicted octanol–water partition coefficient (Wildman–Crippen LogP) is 0.695. The van der Waals surface area contributed by atoms with Crippen LogP contribution >= 0.6 is 0 Å². The Kier molecular flexibility index (Phi) is 2.84. The number of aliphatic hydroxyl groups is 1. The Morgan fingerprint density at radius 2 is 1.80 bits per heavy atom. The first-order valence-electron chi connectivity index (χ1n) is 3.29. The average molecular weight is 144 g/mol. The zero-order valence-corrected chi connectivity index (χ0v) is 7.34. The largest absolute Gasteiger partial charge is 0.384 e. The van der Waals surface area contributed by atoms with Crippen molar-refractivity contribution in [3.8, 4) is 0 Å². The van der Waals surface area contributed by atoms with E-state index < -0.39 is 5.60 Å². The molecule has 0 aromatic heterocycles. The van der Waals surface area contributed by atoms with Crippen molar-refractivity contribution < 1.29 is 5.11 Å². The maximum atomic E-state index is 9.38. The van der Waals surface area contributed by atoms with E-state index in [4.69, 9.17) is 0 Å². The first-order chi connectivity index (χ1) is 4.34. The fourth-order valence-corrected chi connectivity index (χ4v) is 0.422. The van der Waals surface area contributed by atoms with Crippen molar-refractivity contribution in [2.75, 3.05) is 14.1 Å². The molecule has 0 unspecified atom stereocenters. The molecule has 0 aromatic carbocycles. The molecule has 0 aliphatic rings. The molecule has 0 fully saturated rings. The molecule has 3 heteroatoms. The van der Waals surface area contributed by atoms with Crippen LogP contribution in [0.4, 0.5) is 0 Å². The minimum Gasteiger partial charge on any atom is -0.384 e. The second-order valence-electron chi connectivity index (χ2n) is 3.09. The first kappa shape index (κ1) is 9.43. The number of nitrogens with zero attached hydrogens (tertiary/aromatic N) is 2. The quantitative estimate of drug-likeness (QED) is 0.457. The van der Waals surface area contributed by atoms with Crippen LogP contribution in [0.1, 0.15) is 20.8 Å². The monoisotopic (exact) mass is 144 g/mol. The molecule has 0 amide bonds. The van der Waals surface area contributed by atoms with Gasteiger partial charge in [0, 0.05) is 14.1 Å². The summed E-state index contributed by atoms with van der Waals surface area (Å²) in [6.45, 7) is 5.24. The topological polar surface area (TPSA) is 35.8 Å². The van der Waals surface area contributed by atoms with E-state index in [2.05, 4.69) is 5.10 Å². The minimum atomic E-state index is -0.801. The van der Waals surface area contributed by atoms with Gasteiger partial charge in [-0.3, -0.25) is 0 Å². The summed E-state index contributed by atoms with van der Waals surface area (Å²) in [7, 11) is 3.66. The first-order valence-corrected chi connectivity index (χ1v) is 3.29. The lowest BCUT2D eigenvalue weighted by Crippen LogP contribution is -2.30. The van der Waals surface area contributed by atoms with Gasteiger partial charge in [-0.15, -0.1) is 0 Å². The normalized spacial score (nSPS) is 13.6. The van der Waals surface area contributed by atoms with Gasteiger partial charge >= 0.3 is 0 Å². The van der Waals surface area contributed by atoms with Gasteiger partial charge in [0.2, 0.25) is 0 Å². The van der Waals surface area contributed by atoms with Crippen molar-refractivity contribution in [1.82, 2.24) is 5.01 Å². The molecule has 0 saturated carbocycles. The van der Waals surface area contributed by atoms with Crippen molar-refractivity contribution >= 4 is 5.71 Å². The van der Waals surface area contributed by atoms with E-state index >= 15 is 0 Å². The highest BCUT2D eigenvalue weighted by molar-refractivity contribution is 5.89. The zero-order chi connectivity index (χ0) is 8.36. The summed E-state index contributed by atoms with van der Waals surface area (Å²) in [5.74, 6) is 0. The van der Waals surface area contributed by atoms with Gasteiger partial charge in [-0.2, -0.15) is 5.10 Å². The number of rotatable bonds is 2. The molecule has 0 spiro atoms. The Labute approximate surface area is 62.3 Å². The third-order valence-corrected chi connectivity index (χ3v) is 1.24. The summed E-state index contributed by atoms with van der Waals surface area (Å²) in [6, 6.07) is 0. The summed E-state index contributed by atoms with van der Waals surface area (Å²) in [6.07, 6.45) is 0. The molecule has 0 rings (SSSR count). The standard InChI is InChI=1S/C7H16N2O/c1-6(7(2,3)10)8-9(4)5/h10H,1-5H3. The van der Waals surface area contributed by atoms with Gasteiger partial charge in [0.15, 0.2) is 0 Å². The van der Waals surface area contributed by atoms with Gasteiger partial charge in [0.1, 0.15) is 0 Å². The number of hydrogen-bond acceptors (Lipinski definition) is 3. The molecular weight excluding hydrogens is 128 g/mol. The van der Waals surface area contributed by atoms with Gasteiger partial charge in [0.25, 0.3) is 0 Å². The van der Waals surface area contributed by atoms with E-state index in [0.717, 1.165) is 5.71 Å². The fourth-order valence-electron chi connectivity index (χ4n) is 0.422. The molecule has 1 N–H and O–H groups in total. The van der Waals surface area contributed by atoms with Crippen LogP contribution in [-0.4, -0.2) is 35.5 Å². The van der Waals surface area contributed by atoms with E-state index in [0.29, 0.717) is 0 Å². The maximum Gasteiger partial charge on any atom is 0.0985 e. The second kappa shape index (κ2) is 3.01. The van der Waals surface area contributed by atoms with Gasteiger partial charge in [-0.05, 0) is 20.8 Å². The number of hydrogen-bond donors (Lipinski definition) is 1. The molecule has 0 radical (unpaired) electrons. The van der Waals surface area contributed by atoms with Crippen LogP contribution in [0.5, 0.6) is 0 Å². The molecule has 60 valence electrons. The third-order valence-electron chi connectivity index (χ3n) is 1.24. The molecule has 0 bridgehead atoms. The molecular formula is C7H16N2O. The number of hydrazone groups is 1. The highest BCUT2D eigenvalue weighted by Gasteiger charge is 2.16. The Balaban J connectivity index is 4.20. The van der Waals surface area contributed by atoms with Gasteiger partial charge in [0.05, 0.1) is 11.3 Å². The van der Waals surface area contributed by atoms with E-state index in [1.54, 1.807) is 25.8 Å². The SMILES string of the molecule is CC(=NN(C)C)C(C)(C)O. The van der Waals surface area contributed by atoms with Gasteiger partial charge in [-0.1, -0.05) is 0 Å². The molecule has 10 heavy (non-hydrogen) atoms. The Hall–Kier alpha value is -0.570. The van der Waals surface area contributed by atoms with Gasteiger partial charge < -0.3 is 10.1 Å². The Morgan fingerprint density at radius 1 is 1.40 bits per heavy atom. The van der Waals surface area contributed by atoms with Crippen LogP contribution in [0, 0.1) is 0 Å². The molecule has 0 heterocycles. The fraction of sp³-hybridized carbons (Fsp3) is 0.857. The van der Waals surface area contributed by atoms with E-state index in [1.165, 1.54) is 0 Å². The highest BCUT2D eigenvalue weighted by atomic mass is 16.3. The molecule has 0 atom stereocenters. The predicted molar refractivity (Wildman–Crippen MR) is 43.1 cm³/mol. The Bertz CT molecular complexity index is 133. The molecule has 0 aliphatic heterocycles. The summed E-state index contributed by atoms with van der Waals surface area (Å²) in [5, 5.41) is 15.1. The zero-order valence-electron chi connectivity index (χ0n) is 7.34. The van der Waals surface area contributed by atoms with E-state index in [1.807, 2.05) is 14.1 Å². The van der Waals surface area contributed by atoms with E-state index in [9.17, 15) is 5.11 Å².